The maximum atomic E-state index is 12.7. The third kappa shape index (κ3) is 5.92. The lowest BCUT2D eigenvalue weighted by Gasteiger charge is -2.37. The molecule has 1 aliphatic heterocycles. The van der Waals surface area contributed by atoms with Crippen molar-refractivity contribution in [2.45, 2.75) is 13.8 Å². The molecule has 1 heterocycles. The molecule has 33 heavy (non-hydrogen) atoms. The minimum absolute atomic E-state index is 0.00263. The number of methoxy groups -OCH3 is 2. The van der Waals surface area contributed by atoms with Crippen molar-refractivity contribution in [2.75, 3.05) is 50.6 Å². The largest absolute Gasteiger partial charge is 0.493 e. The van der Waals surface area contributed by atoms with Crippen LogP contribution in [0.5, 0.6) is 11.5 Å². The summed E-state index contributed by atoms with van der Waals surface area (Å²) in [4.78, 5) is 29.1. The molecule has 8 nitrogen and oxygen atoms in total. The molecule has 2 aromatic carbocycles. The second-order valence-corrected chi connectivity index (χ2v) is 8.37. The van der Waals surface area contributed by atoms with Gasteiger partial charge in [0.05, 0.1) is 25.6 Å². The van der Waals surface area contributed by atoms with E-state index in [1.165, 1.54) is 14.2 Å². The Morgan fingerprint density at radius 3 is 2.27 bits per heavy atom. The zero-order valence-electron chi connectivity index (χ0n) is 19.4. The summed E-state index contributed by atoms with van der Waals surface area (Å²) in [5.74, 6) is 0.826. The van der Waals surface area contributed by atoms with Crippen molar-refractivity contribution in [3.63, 3.8) is 0 Å². The number of piperazine rings is 1. The lowest BCUT2D eigenvalue weighted by molar-refractivity contribution is -0.134. The quantitative estimate of drug-likeness (QED) is 0.628. The van der Waals surface area contributed by atoms with Gasteiger partial charge in [-0.05, 0) is 42.5 Å². The fraction of sp³-hybridized carbons (Fsp3) is 0.375. The van der Waals surface area contributed by atoms with Crippen LogP contribution in [0, 0.1) is 5.92 Å². The number of carbonyl (C=O) groups is 2. The molecule has 0 atom stereocenters. The number of nitrogens with zero attached hydrogens (tertiary/aromatic N) is 2. The number of para-hydroxylation sites is 2. The second kappa shape index (κ2) is 11.0. The van der Waals surface area contributed by atoms with Crippen LogP contribution in [0.25, 0.3) is 0 Å². The highest BCUT2D eigenvalue weighted by atomic mass is 32.1. The van der Waals surface area contributed by atoms with Gasteiger partial charge >= 0.3 is 0 Å². The summed E-state index contributed by atoms with van der Waals surface area (Å²) in [6, 6.07) is 12.7. The Labute approximate surface area is 199 Å². The van der Waals surface area contributed by atoms with Gasteiger partial charge in [-0.2, -0.15) is 0 Å². The minimum atomic E-state index is -0.355. The van der Waals surface area contributed by atoms with Crippen molar-refractivity contribution in [3.8, 4) is 11.5 Å². The van der Waals surface area contributed by atoms with E-state index in [0.717, 1.165) is 24.5 Å². The first-order valence-electron chi connectivity index (χ1n) is 10.8. The first kappa shape index (κ1) is 24.3. The molecule has 1 fully saturated rings. The number of benzene rings is 2. The molecular weight excluding hydrogens is 440 g/mol. The average Bonchev–Trinajstić information content (AvgIpc) is 2.83. The number of ether oxygens (including phenoxy) is 2. The van der Waals surface area contributed by atoms with Crippen LogP contribution in [0.4, 0.5) is 11.4 Å². The second-order valence-electron chi connectivity index (χ2n) is 7.96. The smallest absolute Gasteiger partial charge is 0.257 e. The highest BCUT2D eigenvalue weighted by Crippen LogP contribution is 2.28. The molecule has 9 heteroatoms. The van der Waals surface area contributed by atoms with Gasteiger partial charge in [0.1, 0.15) is 0 Å². The summed E-state index contributed by atoms with van der Waals surface area (Å²) < 4.78 is 10.5. The van der Waals surface area contributed by atoms with E-state index < -0.39 is 0 Å². The topological polar surface area (TPSA) is 83.1 Å². The Bertz CT molecular complexity index is 1020. The van der Waals surface area contributed by atoms with Crippen molar-refractivity contribution >= 4 is 40.5 Å². The Balaban J connectivity index is 1.64. The van der Waals surface area contributed by atoms with Gasteiger partial charge in [0.2, 0.25) is 5.91 Å². The van der Waals surface area contributed by atoms with Gasteiger partial charge in [-0.25, -0.2) is 0 Å². The lowest BCUT2D eigenvalue weighted by atomic mass is 10.1. The molecule has 0 aliphatic carbocycles. The van der Waals surface area contributed by atoms with Gasteiger partial charge in [0.25, 0.3) is 5.91 Å². The lowest BCUT2D eigenvalue weighted by Crippen LogP contribution is -2.50. The fourth-order valence-corrected chi connectivity index (χ4v) is 3.90. The van der Waals surface area contributed by atoms with E-state index in [2.05, 4.69) is 15.5 Å². The number of amides is 2. The SMILES string of the molecule is COc1ccc(C(=O)NC(=S)Nc2ccccc2N2CCN(C(=O)C(C)C)CC2)cc1OC. The fourth-order valence-electron chi connectivity index (χ4n) is 3.69. The molecule has 3 rings (SSSR count). The van der Waals surface area contributed by atoms with Gasteiger partial charge < -0.3 is 24.6 Å². The number of rotatable bonds is 6. The maximum Gasteiger partial charge on any atom is 0.257 e. The zero-order valence-corrected chi connectivity index (χ0v) is 20.2. The van der Waals surface area contributed by atoms with E-state index in [9.17, 15) is 9.59 Å². The van der Waals surface area contributed by atoms with Crippen LogP contribution in [0.3, 0.4) is 0 Å². The summed E-state index contributed by atoms with van der Waals surface area (Å²) in [5.41, 5.74) is 2.16. The molecule has 0 bridgehead atoms. The summed E-state index contributed by atoms with van der Waals surface area (Å²) in [7, 11) is 3.05. The number of nitrogens with one attached hydrogen (secondary N) is 2. The van der Waals surface area contributed by atoms with E-state index in [1.807, 2.05) is 43.0 Å². The number of hydrogen-bond acceptors (Lipinski definition) is 6. The highest BCUT2D eigenvalue weighted by molar-refractivity contribution is 7.80. The van der Waals surface area contributed by atoms with Crippen LogP contribution >= 0.6 is 12.2 Å². The van der Waals surface area contributed by atoms with Crippen LogP contribution in [0.2, 0.25) is 0 Å². The van der Waals surface area contributed by atoms with Gasteiger partial charge in [-0.3, -0.25) is 14.9 Å². The molecule has 0 saturated carbocycles. The molecule has 176 valence electrons. The maximum absolute atomic E-state index is 12.7. The molecule has 1 saturated heterocycles. The third-order valence-electron chi connectivity index (χ3n) is 5.45. The van der Waals surface area contributed by atoms with Gasteiger partial charge in [-0.15, -0.1) is 0 Å². The summed E-state index contributed by atoms with van der Waals surface area (Å²) in [6.45, 7) is 6.64. The third-order valence-corrected chi connectivity index (χ3v) is 5.66. The standard InChI is InChI=1S/C24H30N4O4S/c1-16(2)23(30)28-13-11-27(12-14-28)19-8-6-5-7-18(19)25-24(33)26-22(29)17-9-10-20(31-3)21(15-17)32-4/h5-10,15-16H,11-14H2,1-4H3,(H2,25,26,29,33). The van der Waals surface area contributed by atoms with Crippen LogP contribution in [-0.2, 0) is 4.79 Å². The molecule has 1 aliphatic rings. The molecular formula is C24H30N4O4S. The monoisotopic (exact) mass is 470 g/mol. The number of thiocarbonyl (C=S) groups is 1. The number of hydrogen-bond donors (Lipinski definition) is 2. The molecule has 0 spiro atoms. The van der Waals surface area contributed by atoms with Crippen molar-refractivity contribution in [2.24, 2.45) is 5.92 Å². The first-order chi connectivity index (χ1) is 15.8. The summed E-state index contributed by atoms with van der Waals surface area (Å²) in [6.07, 6.45) is 0. The van der Waals surface area contributed by atoms with Crippen molar-refractivity contribution < 1.29 is 19.1 Å². The number of carbonyl (C=O) groups excluding carboxylic acids is 2. The zero-order chi connectivity index (χ0) is 24.0. The van der Waals surface area contributed by atoms with Crippen LogP contribution in [-0.4, -0.2) is 62.2 Å². The van der Waals surface area contributed by atoms with Crippen molar-refractivity contribution in [3.05, 3.63) is 48.0 Å². The van der Waals surface area contributed by atoms with E-state index in [4.69, 9.17) is 21.7 Å². The average molecular weight is 471 g/mol. The van der Waals surface area contributed by atoms with E-state index >= 15 is 0 Å². The Kier molecular flexibility index (Phi) is 8.11. The van der Waals surface area contributed by atoms with Gasteiger partial charge in [0.15, 0.2) is 16.6 Å². The number of anilines is 2. The molecule has 0 unspecified atom stereocenters. The van der Waals surface area contributed by atoms with E-state index in [1.54, 1.807) is 18.2 Å². The molecule has 2 N–H and O–H groups in total. The predicted molar refractivity (Wildman–Crippen MR) is 133 cm³/mol. The normalized spacial score (nSPS) is 13.5. The van der Waals surface area contributed by atoms with Gasteiger partial charge in [0, 0.05) is 37.7 Å². The molecule has 2 aromatic rings. The Morgan fingerprint density at radius 2 is 1.64 bits per heavy atom. The molecule has 0 aromatic heterocycles. The minimum Gasteiger partial charge on any atom is -0.493 e. The summed E-state index contributed by atoms with van der Waals surface area (Å²) in [5, 5.41) is 6.04. The van der Waals surface area contributed by atoms with Crippen LogP contribution in [0.15, 0.2) is 42.5 Å². The van der Waals surface area contributed by atoms with E-state index in [-0.39, 0.29) is 22.8 Å². The van der Waals surface area contributed by atoms with Crippen LogP contribution in [0.1, 0.15) is 24.2 Å². The van der Waals surface area contributed by atoms with E-state index in [0.29, 0.717) is 30.2 Å². The Hall–Kier alpha value is -3.33. The Morgan fingerprint density at radius 1 is 0.970 bits per heavy atom. The van der Waals surface area contributed by atoms with Crippen molar-refractivity contribution in [1.82, 2.24) is 10.2 Å². The molecule has 2 amide bonds. The highest BCUT2D eigenvalue weighted by Gasteiger charge is 2.24. The first-order valence-corrected chi connectivity index (χ1v) is 11.2. The summed E-state index contributed by atoms with van der Waals surface area (Å²) >= 11 is 5.39. The van der Waals surface area contributed by atoms with Crippen LogP contribution < -0.4 is 25.0 Å². The molecule has 0 radical (unpaired) electrons. The van der Waals surface area contributed by atoms with Crippen molar-refractivity contribution in [1.29, 1.82) is 0 Å². The van der Waals surface area contributed by atoms with Gasteiger partial charge in [-0.1, -0.05) is 26.0 Å². The predicted octanol–water partition coefficient (Wildman–Crippen LogP) is 3.14.